The number of likely N-dealkylation sites (tertiary alicyclic amines) is 1. The number of rotatable bonds is 8. The molecule has 0 aromatic heterocycles. The third-order valence-corrected chi connectivity index (χ3v) is 6.66. The average molecular weight is 406 g/mol. The molecule has 1 aromatic carbocycles. The quantitative estimate of drug-likeness (QED) is 0.717. The molecular formula is C23H39N3O3. The minimum atomic E-state index is 0.256. The second kappa shape index (κ2) is 10.6. The van der Waals surface area contributed by atoms with Gasteiger partial charge in [-0.3, -0.25) is 9.80 Å². The van der Waals surface area contributed by atoms with Crippen LogP contribution in [-0.4, -0.2) is 91.5 Å². The summed E-state index contributed by atoms with van der Waals surface area (Å²) in [6, 6.07) is 7.78. The molecule has 6 heteroatoms. The highest BCUT2D eigenvalue weighted by Crippen LogP contribution is 2.28. The number of nitrogens with zero attached hydrogens (tertiary/aromatic N) is 3. The van der Waals surface area contributed by atoms with E-state index in [0.717, 1.165) is 44.1 Å². The first-order valence-electron chi connectivity index (χ1n) is 11.1. The molecule has 2 saturated heterocycles. The number of hydrogen-bond donors (Lipinski definition) is 1. The number of hydrogen-bond acceptors (Lipinski definition) is 6. The highest BCUT2D eigenvalue weighted by atomic mass is 16.5. The molecule has 0 aliphatic carbocycles. The van der Waals surface area contributed by atoms with Gasteiger partial charge >= 0.3 is 0 Å². The Morgan fingerprint density at radius 3 is 2.45 bits per heavy atom. The van der Waals surface area contributed by atoms with E-state index in [1.807, 2.05) is 12.1 Å². The highest BCUT2D eigenvalue weighted by Gasteiger charge is 2.34. The fourth-order valence-corrected chi connectivity index (χ4v) is 4.92. The van der Waals surface area contributed by atoms with Gasteiger partial charge in [0.05, 0.1) is 14.2 Å². The van der Waals surface area contributed by atoms with Gasteiger partial charge in [-0.15, -0.1) is 0 Å². The van der Waals surface area contributed by atoms with Gasteiger partial charge in [0.15, 0.2) is 0 Å². The minimum Gasteiger partial charge on any atom is -0.497 e. The monoisotopic (exact) mass is 405 g/mol. The van der Waals surface area contributed by atoms with E-state index in [0.29, 0.717) is 18.1 Å². The van der Waals surface area contributed by atoms with Gasteiger partial charge in [0.2, 0.25) is 0 Å². The predicted molar refractivity (Wildman–Crippen MR) is 117 cm³/mol. The molecule has 2 heterocycles. The molecule has 2 aliphatic rings. The van der Waals surface area contributed by atoms with Crippen molar-refractivity contribution in [3.63, 3.8) is 0 Å². The lowest BCUT2D eigenvalue weighted by Crippen LogP contribution is -2.58. The molecule has 0 unspecified atom stereocenters. The van der Waals surface area contributed by atoms with Gasteiger partial charge in [-0.05, 0) is 52.3 Å². The van der Waals surface area contributed by atoms with E-state index in [-0.39, 0.29) is 6.61 Å². The fraction of sp³-hybridized carbons (Fsp3) is 0.739. The van der Waals surface area contributed by atoms with Crippen molar-refractivity contribution in [3.8, 4) is 11.5 Å². The third kappa shape index (κ3) is 5.63. The van der Waals surface area contributed by atoms with Crippen LogP contribution in [0, 0.1) is 0 Å². The van der Waals surface area contributed by atoms with Crippen LogP contribution in [0.3, 0.4) is 0 Å². The Bertz CT molecular complexity index is 632. The predicted octanol–water partition coefficient (Wildman–Crippen LogP) is 2.45. The molecular weight excluding hydrogens is 366 g/mol. The first-order chi connectivity index (χ1) is 14.0. The van der Waals surface area contributed by atoms with Crippen molar-refractivity contribution in [3.05, 3.63) is 23.8 Å². The van der Waals surface area contributed by atoms with Gasteiger partial charge in [-0.2, -0.15) is 0 Å². The summed E-state index contributed by atoms with van der Waals surface area (Å²) < 4.78 is 10.9. The molecule has 6 nitrogen and oxygen atoms in total. The molecule has 0 radical (unpaired) electrons. The molecule has 2 aliphatic heterocycles. The second-order valence-corrected chi connectivity index (χ2v) is 8.68. The van der Waals surface area contributed by atoms with Gasteiger partial charge in [-0.25, -0.2) is 0 Å². The van der Waals surface area contributed by atoms with E-state index in [9.17, 15) is 5.11 Å². The topological polar surface area (TPSA) is 48.4 Å². The Balaban J connectivity index is 1.62. The number of methoxy groups -OCH3 is 2. The number of benzene rings is 1. The number of piperazine rings is 1. The zero-order valence-corrected chi connectivity index (χ0v) is 18.6. The summed E-state index contributed by atoms with van der Waals surface area (Å²) in [6.07, 6.45) is 3.33. The molecule has 3 rings (SSSR count). The highest BCUT2D eigenvalue weighted by molar-refractivity contribution is 5.40. The van der Waals surface area contributed by atoms with Crippen LogP contribution < -0.4 is 9.47 Å². The van der Waals surface area contributed by atoms with E-state index in [2.05, 4.69) is 34.6 Å². The van der Waals surface area contributed by atoms with Crippen LogP contribution in [0.5, 0.6) is 11.5 Å². The first-order valence-corrected chi connectivity index (χ1v) is 11.1. The Kier molecular flexibility index (Phi) is 8.18. The van der Waals surface area contributed by atoms with E-state index >= 15 is 0 Å². The Morgan fingerprint density at radius 1 is 1.07 bits per heavy atom. The van der Waals surface area contributed by atoms with Crippen molar-refractivity contribution in [1.82, 2.24) is 14.7 Å². The molecule has 0 spiro atoms. The maximum absolute atomic E-state index is 9.68. The van der Waals surface area contributed by atoms with Gasteiger partial charge in [-0.1, -0.05) is 6.07 Å². The molecule has 29 heavy (non-hydrogen) atoms. The summed E-state index contributed by atoms with van der Waals surface area (Å²) in [4.78, 5) is 7.78. The molecule has 0 bridgehead atoms. The Hall–Kier alpha value is -1.34. The van der Waals surface area contributed by atoms with E-state index in [1.165, 1.54) is 31.5 Å². The van der Waals surface area contributed by atoms with Crippen LogP contribution in [0.25, 0.3) is 0 Å². The number of piperidine rings is 1. The molecule has 1 N–H and O–H groups in total. The van der Waals surface area contributed by atoms with Crippen LogP contribution in [0.4, 0.5) is 0 Å². The lowest BCUT2D eigenvalue weighted by molar-refractivity contribution is -0.000196. The summed E-state index contributed by atoms with van der Waals surface area (Å²) in [7, 11) is 3.40. The standard InChI is InChI=1S/C23H39N3O3/c1-18(2)25-10-7-20(8-11-25)26-13-12-24(17-21(26)9-14-27)16-19-5-6-22(28-3)15-23(19)29-4/h5-6,15,18,20-21,27H,7-14,16-17H2,1-4H3/t21-/m0/s1. The van der Waals surface area contributed by atoms with Crippen LogP contribution in [0.1, 0.15) is 38.7 Å². The van der Waals surface area contributed by atoms with Crippen LogP contribution >= 0.6 is 0 Å². The summed E-state index contributed by atoms with van der Waals surface area (Å²) in [5.74, 6) is 1.70. The van der Waals surface area contributed by atoms with Crippen molar-refractivity contribution in [2.75, 3.05) is 53.6 Å². The van der Waals surface area contributed by atoms with Crippen molar-refractivity contribution in [2.45, 2.75) is 57.8 Å². The number of ether oxygens (including phenoxy) is 2. The maximum atomic E-state index is 9.68. The zero-order valence-electron chi connectivity index (χ0n) is 18.6. The molecule has 1 aromatic rings. The molecule has 1 atom stereocenters. The summed E-state index contributed by atoms with van der Waals surface area (Å²) in [5, 5.41) is 9.68. The van der Waals surface area contributed by atoms with Gasteiger partial charge in [0.1, 0.15) is 11.5 Å². The second-order valence-electron chi connectivity index (χ2n) is 8.68. The van der Waals surface area contributed by atoms with Crippen molar-refractivity contribution in [2.24, 2.45) is 0 Å². The van der Waals surface area contributed by atoms with E-state index < -0.39 is 0 Å². The van der Waals surface area contributed by atoms with Crippen molar-refractivity contribution >= 4 is 0 Å². The lowest BCUT2D eigenvalue weighted by Gasteiger charge is -2.48. The van der Waals surface area contributed by atoms with Gasteiger partial charge < -0.3 is 19.5 Å². The smallest absolute Gasteiger partial charge is 0.127 e. The average Bonchev–Trinajstić information content (AvgIpc) is 2.74. The van der Waals surface area contributed by atoms with E-state index in [4.69, 9.17) is 9.47 Å². The first kappa shape index (κ1) is 22.3. The van der Waals surface area contributed by atoms with Crippen molar-refractivity contribution < 1.29 is 14.6 Å². The Morgan fingerprint density at radius 2 is 1.83 bits per heavy atom. The fourth-order valence-electron chi connectivity index (χ4n) is 4.92. The van der Waals surface area contributed by atoms with Crippen LogP contribution in [-0.2, 0) is 6.54 Å². The zero-order chi connectivity index (χ0) is 20.8. The van der Waals surface area contributed by atoms with Crippen molar-refractivity contribution in [1.29, 1.82) is 0 Å². The molecule has 2 fully saturated rings. The van der Waals surface area contributed by atoms with Crippen LogP contribution in [0.2, 0.25) is 0 Å². The molecule has 164 valence electrons. The SMILES string of the molecule is COc1ccc(CN2CCN(C3CCN(C(C)C)CC3)[C@@H](CCO)C2)c(OC)c1. The maximum Gasteiger partial charge on any atom is 0.127 e. The van der Waals surface area contributed by atoms with Gasteiger partial charge in [0.25, 0.3) is 0 Å². The normalized spacial score (nSPS) is 22.9. The lowest BCUT2D eigenvalue weighted by atomic mass is 9.97. The van der Waals surface area contributed by atoms with Crippen LogP contribution in [0.15, 0.2) is 18.2 Å². The Labute approximate surface area is 176 Å². The molecule has 0 amide bonds. The summed E-state index contributed by atoms with van der Waals surface area (Å²) in [5.41, 5.74) is 1.19. The third-order valence-electron chi connectivity index (χ3n) is 6.66. The number of aliphatic hydroxyl groups excluding tert-OH is 1. The number of aliphatic hydroxyl groups is 1. The van der Waals surface area contributed by atoms with E-state index in [1.54, 1.807) is 14.2 Å². The summed E-state index contributed by atoms with van der Waals surface area (Å²) in [6.45, 7) is 11.2. The van der Waals surface area contributed by atoms with Gasteiger partial charge in [0, 0.05) is 62.5 Å². The molecule has 0 saturated carbocycles. The minimum absolute atomic E-state index is 0.256. The summed E-state index contributed by atoms with van der Waals surface area (Å²) >= 11 is 0. The largest absolute Gasteiger partial charge is 0.497 e.